The third-order valence-electron chi connectivity index (χ3n) is 3.32. The van der Waals surface area contributed by atoms with Crippen molar-refractivity contribution in [2.75, 3.05) is 6.54 Å². The Kier molecular flexibility index (Phi) is 6.32. The SMILES string of the molecule is CCC(O)CCCNC1CC(C)OC(C)C1. The van der Waals surface area contributed by atoms with Crippen molar-refractivity contribution in [2.45, 2.75) is 77.2 Å². The number of rotatable bonds is 6. The van der Waals surface area contributed by atoms with E-state index in [0.29, 0.717) is 18.2 Å². The minimum Gasteiger partial charge on any atom is -0.393 e. The molecule has 2 N–H and O–H groups in total. The molecule has 0 spiro atoms. The lowest BCUT2D eigenvalue weighted by Crippen LogP contribution is -2.41. The molecule has 3 unspecified atom stereocenters. The lowest BCUT2D eigenvalue weighted by atomic mass is 9.99. The molecule has 0 amide bonds. The summed E-state index contributed by atoms with van der Waals surface area (Å²) < 4.78 is 5.70. The molecule has 3 nitrogen and oxygen atoms in total. The molecule has 0 saturated carbocycles. The van der Waals surface area contributed by atoms with Crippen LogP contribution in [0.4, 0.5) is 0 Å². The number of hydrogen-bond donors (Lipinski definition) is 2. The third kappa shape index (κ3) is 5.28. The van der Waals surface area contributed by atoms with Gasteiger partial charge in [0.1, 0.15) is 0 Å². The molecular formula is C13H27NO2. The Morgan fingerprint density at radius 3 is 2.50 bits per heavy atom. The normalized spacial score (nSPS) is 32.6. The number of ether oxygens (including phenoxy) is 1. The molecule has 0 aromatic carbocycles. The zero-order valence-electron chi connectivity index (χ0n) is 10.9. The maximum atomic E-state index is 9.43. The summed E-state index contributed by atoms with van der Waals surface area (Å²) in [6, 6.07) is 0.595. The Labute approximate surface area is 99.6 Å². The zero-order valence-corrected chi connectivity index (χ0v) is 10.9. The Balaban J connectivity index is 2.08. The summed E-state index contributed by atoms with van der Waals surface area (Å²) in [5.74, 6) is 0. The zero-order chi connectivity index (χ0) is 12.0. The molecule has 1 saturated heterocycles. The van der Waals surface area contributed by atoms with Crippen molar-refractivity contribution in [2.24, 2.45) is 0 Å². The molecule has 1 aliphatic heterocycles. The van der Waals surface area contributed by atoms with E-state index < -0.39 is 0 Å². The first-order valence-electron chi connectivity index (χ1n) is 6.68. The highest BCUT2D eigenvalue weighted by Gasteiger charge is 2.23. The average molecular weight is 229 g/mol. The number of aliphatic hydroxyl groups is 1. The van der Waals surface area contributed by atoms with Crippen LogP contribution in [0.15, 0.2) is 0 Å². The Morgan fingerprint density at radius 2 is 1.94 bits per heavy atom. The fraction of sp³-hybridized carbons (Fsp3) is 1.00. The van der Waals surface area contributed by atoms with Gasteiger partial charge < -0.3 is 15.2 Å². The van der Waals surface area contributed by atoms with Gasteiger partial charge in [0.05, 0.1) is 18.3 Å². The van der Waals surface area contributed by atoms with Gasteiger partial charge >= 0.3 is 0 Å². The third-order valence-corrected chi connectivity index (χ3v) is 3.32. The first kappa shape index (κ1) is 13.9. The van der Waals surface area contributed by atoms with E-state index in [-0.39, 0.29) is 6.10 Å². The summed E-state index contributed by atoms with van der Waals surface area (Å²) in [7, 11) is 0. The molecule has 0 aromatic rings. The summed E-state index contributed by atoms with van der Waals surface area (Å²) in [4.78, 5) is 0. The standard InChI is InChI=1S/C13H27NO2/c1-4-13(15)6-5-7-14-12-8-10(2)16-11(3)9-12/h10-15H,4-9H2,1-3H3. The molecule has 1 aliphatic rings. The van der Waals surface area contributed by atoms with E-state index in [0.717, 1.165) is 38.6 Å². The van der Waals surface area contributed by atoms with Crippen molar-refractivity contribution in [3.63, 3.8) is 0 Å². The number of aliphatic hydroxyl groups excluding tert-OH is 1. The van der Waals surface area contributed by atoms with Crippen LogP contribution in [0.2, 0.25) is 0 Å². The van der Waals surface area contributed by atoms with Crippen LogP contribution in [0.25, 0.3) is 0 Å². The van der Waals surface area contributed by atoms with Gasteiger partial charge in [-0.15, -0.1) is 0 Å². The summed E-state index contributed by atoms with van der Waals surface area (Å²) in [6.45, 7) is 7.33. The van der Waals surface area contributed by atoms with Gasteiger partial charge in [-0.25, -0.2) is 0 Å². The van der Waals surface area contributed by atoms with Crippen LogP contribution < -0.4 is 5.32 Å². The minimum absolute atomic E-state index is 0.116. The van der Waals surface area contributed by atoms with E-state index in [1.807, 2.05) is 6.92 Å². The van der Waals surface area contributed by atoms with Crippen LogP contribution in [0.5, 0.6) is 0 Å². The highest BCUT2D eigenvalue weighted by Crippen LogP contribution is 2.18. The minimum atomic E-state index is -0.116. The van der Waals surface area contributed by atoms with Crippen LogP contribution in [0, 0.1) is 0 Å². The van der Waals surface area contributed by atoms with Gasteiger partial charge in [0.2, 0.25) is 0 Å². The fourth-order valence-electron chi connectivity index (χ4n) is 2.42. The molecule has 0 radical (unpaired) electrons. The van der Waals surface area contributed by atoms with Gasteiger partial charge in [-0.05, 0) is 52.5 Å². The highest BCUT2D eigenvalue weighted by molar-refractivity contribution is 4.78. The summed E-state index contributed by atoms with van der Waals surface area (Å²) in [5.41, 5.74) is 0. The summed E-state index contributed by atoms with van der Waals surface area (Å²) in [5, 5.41) is 13.0. The second kappa shape index (κ2) is 7.25. The molecule has 3 heteroatoms. The van der Waals surface area contributed by atoms with Gasteiger partial charge in [0.25, 0.3) is 0 Å². The molecule has 1 rings (SSSR count). The topological polar surface area (TPSA) is 41.5 Å². The van der Waals surface area contributed by atoms with Crippen LogP contribution in [0.1, 0.15) is 52.9 Å². The number of nitrogens with one attached hydrogen (secondary N) is 1. The molecule has 1 heterocycles. The van der Waals surface area contributed by atoms with E-state index >= 15 is 0 Å². The maximum Gasteiger partial charge on any atom is 0.0565 e. The molecule has 16 heavy (non-hydrogen) atoms. The van der Waals surface area contributed by atoms with Crippen molar-refractivity contribution in [3.05, 3.63) is 0 Å². The second-order valence-electron chi connectivity index (χ2n) is 5.08. The first-order chi connectivity index (χ1) is 7.61. The van der Waals surface area contributed by atoms with E-state index in [4.69, 9.17) is 4.74 Å². The van der Waals surface area contributed by atoms with E-state index in [1.54, 1.807) is 0 Å². The lowest BCUT2D eigenvalue weighted by Gasteiger charge is -2.32. The van der Waals surface area contributed by atoms with E-state index in [9.17, 15) is 5.11 Å². The van der Waals surface area contributed by atoms with Gasteiger partial charge in [0.15, 0.2) is 0 Å². The van der Waals surface area contributed by atoms with Gasteiger partial charge in [0, 0.05) is 6.04 Å². The van der Waals surface area contributed by atoms with Crippen LogP contribution >= 0.6 is 0 Å². The van der Waals surface area contributed by atoms with Crippen molar-refractivity contribution in [3.8, 4) is 0 Å². The summed E-state index contributed by atoms with van der Waals surface area (Å²) in [6.07, 6.45) is 5.71. The smallest absolute Gasteiger partial charge is 0.0565 e. The van der Waals surface area contributed by atoms with Crippen LogP contribution in [0.3, 0.4) is 0 Å². The molecule has 3 atom stereocenters. The van der Waals surface area contributed by atoms with Gasteiger partial charge in [-0.3, -0.25) is 0 Å². The van der Waals surface area contributed by atoms with E-state index in [2.05, 4.69) is 19.2 Å². The predicted molar refractivity (Wildman–Crippen MR) is 66.6 cm³/mol. The average Bonchev–Trinajstić information content (AvgIpc) is 2.22. The largest absolute Gasteiger partial charge is 0.393 e. The molecule has 0 aliphatic carbocycles. The van der Waals surface area contributed by atoms with Crippen LogP contribution in [-0.2, 0) is 4.74 Å². The Bertz CT molecular complexity index is 177. The van der Waals surface area contributed by atoms with Crippen molar-refractivity contribution in [1.82, 2.24) is 5.32 Å². The summed E-state index contributed by atoms with van der Waals surface area (Å²) >= 11 is 0. The second-order valence-corrected chi connectivity index (χ2v) is 5.08. The maximum absolute atomic E-state index is 9.43. The predicted octanol–water partition coefficient (Wildman–Crippen LogP) is 2.08. The lowest BCUT2D eigenvalue weighted by molar-refractivity contribution is -0.0420. The molecule has 0 aromatic heterocycles. The van der Waals surface area contributed by atoms with Crippen molar-refractivity contribution < 1.29 is 9.84 Å². The first-order valence-corrected chi connectivity index (χ1v) is 6.68. The monoisotopic (exact) mass is 229 g/mol. The van der Waals surface area contributed by atoms with Crippen molar-refractivity contribution in [1.29, 1.82) is 0 Å². The van der Waals surface area contributed by atoms with E-state index in [1.165, 1.54) is 0 Å². The molecular weight excluding hydrogens is 202 g/mol. The Morgan fingerprint density at radius 1 is 1.31 bits per heavy atom. The molecule has 96 valence electrons. The highest BCUT2D eigenvalue weighted by atomic mass is 16.5. The quantitative estimate of drug-likeness (QED) is 0.685. The Hall–Kier alpha value is -0.120. The van der Waals surface area contributed by atoms with Crippen molar-refractivity contribution >= 4 is 0 Å². The fourth-order valence-corrected chi connectivity index (χ4v) is 2.42. The molecule has 0 bridgehead atoms. The van der Waals surface area contributed by atoms with Gasteiger partial charge in [-0.2, -0.15) is 0 Å². The van der Waals surface area contributed by atoms with Gasteiger partial charge in [-0.1, -0.05) is 6.92 Å². The number of hydrogen-bond acceptors (Lipinski definition) is 3. The molecule has 1 fully saturated rings. The van der Waals surface area contributed by atoms with Crippen LogP contribution in [-0.4, -0.2) is 36.0 Å².